The topological polar surface area (TPSA) is 174 Å². The van der Waals surface area contributed by atoms with Gasteiger partial charge in [-0.1, -0.05) is 6.92 Å². The number of hydrogen-bond acceptors (Lipinski definition) is 10. The van der Waals surface area contributed by atoms with Crippen molar-refractivity contribution < 1.29 is 14.4 Å². The van der Waals surface area contributed by atoms with E-state index in [1.54, 1.807) is 6.08 Å². The van der Waals surface area contributed by atoms with Gasteiger partial charge >= 0.3 is 0 Å². The highest BCUT2D eigenvalue weighted by Gasteiger charge is 2.22. The fourth-order valence-electron chi connectivity index (χ4n) is 3.16. The molecule has 34 heavy (non-hydrogen) atoms. The molecule has 0 aromatic carbocycles. The number of rotatable bonds is 10. The minimum atomic E-state index is -0.460. The molecular weight excluding hydrogens is 438 g/mol. The lowest BCUT2D eigenvalue weighted by molar-refractivity contribution is -0.180. The predicted molar refractivity (Wildman–Crippen MR) is 129 cm³/mol. The number of pyridine rings is 1. The number of nitrogens with one attached hydrogen (secondary N) is 2. The van der Waals surface area contributed by atoms with Gasteiger partial charge in [0.15, 0.2) is 0 Å². The Kier molecular flexibility index (Phi) is 8.60. The van der Waals surface area contributed by atoms with Gasteiger partial charge in [0, 0.05) is 43.4 Å². The zero-order chi connectivity index (χ0) is 24.5. The van der Waals surface area contributed by atoms with Gasteiger partial charge < -0.3 is 22.1 Å². The van der Waals surface area contributed by atoms with Crippen LogP contribution >= 0.6 is 0 Å². The molecule has 180 valence electrons. The average Bonchev–Trinajstić information content (AvgIpc) is 3.00. The van der Waals surface area contributed by atoms with Gasteiger partial charge in [-0.05, 0) is 25.5 Å². The van der Waals surface area contributed by atoms with Crippen LogP contribution in [-0.4, -0.2) is 63.9 Å². The molecule has 0 spiro atoms. The molecule has 1 aliphatic heterocycles. The van der Waals surface area contributed by atoms with E-state index in [0.29, 0.717) is 54.7 Å². The summed E-state index contributed by atoms with van der Waals surface area (Å²) in [6.07, 6.45) is 7.02. The Labute approximate surface area is 197 Å². The number of carbonyl (C=O) groups excluding carboxylic acids is 2. The molecule has 0 radical (unpaired) electrons. The number of amidine groups is 1. The second kappa shape index (κ2) is 11.8. The number of carbonyl (C=O) groups is 2. The Morgan fingerprint density at radius 2 is 1.94 bits per heavy atom. The maximum atomic E-state index is 13.0. The van der Waals surface area contributed by atoms with E-state index in [9.17, 15) is 9.59 Å². The third kappa shape index (κ3) is 6.33. The van der Waals surface area contributed by atoms with E-state index in [4.69, 9.17) is 16.3 Å². The van der Waals surface area contributed by atoms with Crippen LogP contribution in [0.1, 0.15) is 42.7 Å². The van der Waals surface area contributed by atoms with Crippen molar-refractivity contribution in [3.05, 3.63) is 41.5 Å². The van der Waals surface area contributed by atoms with E-state index in [2.05, 4.69) is 30.6 Å². The number of amides is 2. The predicted octanol–water partition coefficient (Wildman–Crippen LogP) is 1.46. The van der Waals surface area contributed by atoms with Crippen LogP contribution in [0.5, 0.6) is 0 Å². The lowest BCUT2D eigenvalue weighted by atomic mass is 10.1. The highest BCUT2D eigenvalue weighted by Crippen LogP contribution is 2.27. The van der Waals surface area contributed by atoms with E-state index in [-0.39, 0.29) is 23.9 Å². The largest absolute Gasteiger partial charge is 0.387 e. The van der Waals surface area contributed by atoms with Crippen LogP contribution in [0.25, 0.3) is 6.08 Å². The van der Waals surface area contributed by atoms with Crippen molar-refractivity contribution in [3.63, 3.8) is 0 Å². The Bertz CT molecular complexity index is 1080. The number of aliphatic imine (C=N–C) groups is 1. The molecule has 1 aliphatic rings. The van der Waals surface area contributed by atoms with E-state index in [0.717, 1.165) is 6.42 Å². The fourth-order valence-corrected chi connectivity index (χ4v) is 3.16. The third-order valence-electron chi connectivity index (χ3n) is 4.66. The molecule has 0 saturated carbocycles. The van der Waals surface area contributed by atoms with Gasteiger partial charge in [0.05, 0.1) is 30.4 Å². The van der Waals surface area contributed by atoms with Gasteiger partial charge in [-0.3, -0.25) is 19.4 Å². The molecule has 0 unspecified atom stereocenters. The van der Waals surface area contributed by atoms with Gasteiger partial charge in [-0.2, -0.15) is 0 Å². The fraction of sp³-hybridized carbons (Fsp3) is 0.364. The number of hydrogen-bond donors (Lipinski definition) is 4. The van der Waals surface area contributed by atoms with Crippen molar-refractivity contribution in [2.45, 2.75) is 26.7 Å². The van der Waals surface area contributed by atoms with Gasteiger partial charge in [-0.15, -0.1) is 0 Å². The Morgan fingerprint density at radius 1 is 1.18 bits per heavy atom. The average molecular weight is 468 g/mol. The third-order valence-corrected chi connectivity index (χ3v) is 4.66. The minimum absolute atomic E-state index is 0.130. The van der Waals surface area contributed by atoms with E-state index >= 15 is 0 Å². The van der Waals surface area contributed by atoms with Crippen LogP contribution < -0.4 is 22.1 Å². The summed E-state index contributed by atoms with van der Waals surface area (Å²) in [6.45, 7) is 5.60. The van der Waals surface area contributed by atoms with Crippen molar-refractivity contribution in [1.29, 1.82) is 0 Å². The van der Waals surface area contributed by atoms with E-state index in [1.807, 2.05) is 13.8 Å². The smallest absolute Gasteiger partial charge is 0.274 e. The summed E-state index contributed by atoms with van der Waals surface area (Å²) in [5.74, 6) is -0.0769. The molecule has 2 amide bonds. The molecule has 3 rings (SSSR count). The van der Waals surface area contributed by atoms with Crippen LogP contribution in [0.15, 0.2) is 35.2 Å². The number of anilines is 2. The molecule has 0 atom stereocenters. The molecule has 0 aliphatic carbocycles. The van der Waals surface area contributed by atoms with Crippen LogP contribution in [0.2, 0.25) is 0 Å². The van der Waals surface area contributed by atoms with Crippen molar-refractivity contribution >= 4 is 41.0 Å². The molecule has 0 fully saturated rings. The van der Waals surface area contributed by atoms with E-state index < -0.39 is 5.91 Å². The number of hydroxylamine groups is 2. The van der Waals surface area contributed by atoms with Crippen LogP contribution in [-0.2, 0) is 9.63 Å². The molecule has 3 heterocycles. The van der Waals surface area contributed by atoms with Crippen molar-refractivity contribution in [3.8, 4) is 0 Å². The number of nitrogens with two attached hydrogens (primary N) is 2. The summed E-state index contributed by atoms with van der Waals surface area (Å²) in [7, 11) is 0. The summed E-state index contributed by atoms with van der Waals surface area (Å²) in [5.41, 5.74) is 13.5. The lowest BCUT2D eigenvalue weighted by Crippen LogP contribution is -2.34. The first-order valence-corrected chi connectivity index (χ1v) is 11.0. The molecule has 2 aromatic rings. The maximum absolute atomic E-state index is 13.0. The van der Waals surface area contributed by atoms with Gasteiger partial charge in [0.1, 0.15) is 11.5 Å². The Balaban J connectivity index is 1.79. The summed E-state index contributed by atoms with van der Waals surface area (Å²) >= 11 is 0. The summed E-state index contributed by atoms with van der Waals surface area (Å²) in [6, 6.07) is 1.52. The molecule has 2 aromatic heterocycles. The normalized spacial score (nSPS) is 12.7. The summed E-state index contributed by atoms with van der Waals surface area (Å²) < 4.78 is 0. The van der Waals surface area contributed by atoms with Crippen LogP contribution in [0.3, 0.4) is 0 Å². The van der Waals surface area contributed by atoms with Crippen molar-refractivity contribution in [1.82, 2.24) is 20.0 Å². The molecule has 12 heteroatoms. The lowest BCUT2D eigenvalue weighted by Gasteiger charge is -2.21. The molecule has 0 bridgehead atoms. The second-order valence-electron chi connectivity index (χ2n) is 7.37. The molecule has 6 N–H and O–H groups in total. The molecule has 12 nitrogen and oxygen atoms in total. The minimum Gasteiger partial charge on any atom is -0.387 e. The standard InChI is InChI=1S/C22H29N9O3/c1-3-7-31(34-4-2)21(33)14-8-15-11-26-18(10-17(15)30-19(24)9-14)20(32)29-16-12-27-22(28-13-16)25-6-5-23/h8,10-13H,3-7,9,23H2,1-2H3,(H2,24,30)(H,29,32)(H,25,27,28). The van der Waals surface area contributed by atoms with E-state index in [1.165, 1.54) is 29.7 Å². The SMILES string of the molecule is CCCN(OCC)C(=O)C1=Cc2cnc(C(=O)Nc3cnc(NCCN)nc3)cc2N=C(N)C1. The first-order chi connectivity index (χ1) is 16.4. The zero-order valence-corrected chi connectivity index (χ0v) is 19.2. The highest BCUT2D eigenvalue weighted by atomic mass is 16.7. The number of nitrogens with zero attached hydrogens (tertiary/aromatic N) is 5. The first kappa shape index (κ1) is 24.7. The first-order valence-electron chi connectivity index (χ1n) is 11.0. The zero-order valence-electron chi connectivity index (χ0n) is 19.2. The maximum Gasteiger partial charge on any atom is 0.274 e. The molecular formula is C22H29N9O3. The van der Waals surface area contributed by atoms with Crippen molar-refractivity contribution in [2.24, 2.45) is 16.5 Å². The van der Waals surface area contributed by atoms with Gasteiger partial charge in [0.25, 0.3) is 11.8 Å². The Morgan fingerprint density at radius 3 is 2.62 bits per heavy atom. The number of fused-ring (bicyclic) bond motifs is 1. The van der Waals surface area contributed by atoms with Crippen LogP contribution in [0, 0.1) is 0 Å². The monoisotopic (exact) mass is 467 g/mol. The molecule has 0 saturated heterocycles. The van der Waals surface area contributed by atoms with Gasteiger partial charge in [0.2, 0.25) is 5.95 Å². The van der Waals surface area contributed by atoms with Crippen LogP contribution in [0.4, 0.5) is 17.3 Å². The number of aromatic nitrogens is 3. The second-order valence-corrected chi connectivity index (χ2v) is 7.37. The van der Waals surface area contributed by atoms with Gasteiger partial charge in [-0.25, -0.2) is 20.0 Å². The van der Waals surface area contributed by atoms with Crippen molar-refractivity contribution in [2.75, 3.05) is 36.9 Å². The Hall–Kier alpha value is -3.90. The highest BCUT2D eigenvalue weighted by molar-refractivity contribution is 6.06. The summed E-state index contributed by atoms with van der Waals surface area (Å²) in [4.78, 5) is 48.0. The quantitative estimate of drug-likeness (QED) is 0.377. The summed E-state index contributed by atoms with van der Waals surface area (Å²) in [5, 5.41) is 6.97.